The van der Waals surface area contributed by atoms with Crippen molar-refractivity contribution in [1.82, 2.24) is 0 Å². The van der Waals surface area contributed by atoms with Crippen LogP contribution in [0.25, 0.3) is 0 Å². The molecule has 0 aromatic heterocycles. The van der Waals surface area contributed by atoms with Crippen molar-refractivity contribution in [2.24, 2.45) is 0 Å². The second kappa shape index (κ2) is 400. The molecule has 0 saturated heterocycles. The van der Waals surface area contributed by atoms with Gasteiger partial charge >= 0.3 is 0 Å². The van der Waals surface area contributed by atoms with Crippen LogP contribution in [0.15, 0.2) is 0 Å². The monoisotopic (exact) mass is 258 g/mol. The van der Waals surface area contributed by atoms with Crippen LogP contribution in [0.4, 0.5) is 0 Å². The Kier molecular flexibility index (Phi) is 2090. The first-order valence-corrected chi connectivity index (χ1v) is 5.24. The molecule has 0 amide bonds. The second-order valence-electron chi connectivity index (χ2n) is 2.12. The minimum atomic E-state index is 0. The summed E-state index contributed by atoms with van der Waals surface area (Å²) in [4.78, 5) is 0. The summed E-state index contributed by atoms with van der Waals surface area (Å²) in [5.74, 6) is 0. The number of rotatable bonds is 0. The van der Waals surface area contributed by atoms with Crippen LogP contribution >= 0.6 is 0 Å². The highest BCUT2D eigenvalue weighted by atomic mass is 13.4. The molecule has 0 nitrogen and oxygen atoms in total. The summed E-state index contributed by atoms with van der Waals surface area (Å²) < 4.78 is 0. The van der Waals surface area contributed by atoms with E-state index in [0.717, 1.165) is 0 Å². The highest BCUT2D eigenvalue weighted by Crippen LogP contribution is 1.56. The van der Waals surface area contributed by atoms with Gasteiger partial charge in [-0.3, -0.25) is 0 Å². The Morgan fingerprint density at radius 3 is 0.353 bits per heavy atom. The molecule has 122 valence electrons. The fourth-order valence-electron chi connectivity index (χ4n) is 0. The summed E-state index contributed by atoms with van der Waals surface area (Å²) in [6, 6.07) is 0. The molecule has 0 aliphatic rings. The van der Waals surface area contributed by atoms with E-state index in [1.165, 1.54) is 19.3 Å². The molecule has 0 aliphatic carbocycles. The Morgan fingerprint density at radius 1 is 0.353 bits per heavy atom. The Labute approximate surface area is 120 Å². The van der Waals surface area contributed by atoms with Crippen molar-refractivity contribution >= 4 is 0 Å². The first-order valence-electron chi connectivity index (χ1n) is 5.24. The largest absolute Gasteiger partial charge is 0.0776 e. The zero-order valence-corrected chi connectivity index (χ0v) is 10.1. The molecule has 0 fully saturated rings. The highest BCUT2D eigenvalue weighted by molar-refractivity contribution is 3.92. The van der Waals surface area contributed by atoms with E-state index in [1.54, 1.807) is 0 Å². The summed E-state index contributed by atoms with van der Waals surface area (Å²) in [6.07, 6.45) is 3.75. The van der Waals surface area contributed by atoms with E-state index in [1.807, 2.05) is 13.8 Å². The van der Waals surface area contributed by atoms with Crippen LogP contribution in [-0.2, 0) is 0 Å². The standard InChI is InChI=1S/3C3H8.C2H6.6CH4/c3*1-3-2;1-2;;;;;;/h3*3H2,1-2H3;1-2H3;6*1H4. The second-order valence-corrected chi connectivity index (χ2v) is 2.12. The molecule has 0 radical (unpaired) electrons. The predicted molar refractivity (Wildman–Crippen MR) is 99.6 cm³/mol. The summed E-state index contributed by atoms with van der Waals surface area (Å²) in [7, 11) is 0. The molecule has 0 bridgehead atoms. The molecule has 0 aliphatic heterocycles. The van der Waals surface area contributed by atoms with E-state index in [-0.39, 0.29) is 44.6 Å². The molecular formula is C17H54. The first kappa shape index (κ1) is 88.8. The maximum Gasteiger partial charge on any atom is -0.0590 e. The van der Waals surface area contributed by atoms with Crippen LogP contribution in [0, 0.1) is 0 Å². The number of hydrogen-bond donors (Lipinski definition) is 0. The van der Waals surface area contributed by atoms with Gasteiger partial charge in [-0.1, -0.05) is 119 Å². The van der Waals surface area contributed by atoms with Crippen LogP contribution in [0.5, 0.6) is 0 Å². The predicted octanol–water partition coefficient (Wildman–Crippen LogP) is 9.09. The molecule has 17 heavy (non-hydrogen) atoms. The third kappa shape index (κ3) is 0. The van der Waals surface area contributed by atoms with E-state index >= 15 is 0 Å². The summed E-state index contributed by atoms with van der Waals surface area (Å²) in [5, 5.41) is 0. The van der Waals surface area contributed by atoms with Gasteiger partial charge in [0, 0.05) is 0 Å². The van der Waals surface area contributed by atoms with Gasteiger partial charge in [-0.05, 0) is 0 Å². The van der Waals surface area contributed by atoms with Crippen molar-refractivity contribution in [3.63, 3.8) is 0 Å². The molecule has 0 spiro atoms. The van der Waals surface area contributed by atoms with Gasteiger partial charge < -0.3 is 0 Å². The van der Waals surface area contributed by atoms with Gasteiger partial charge in [-0.15, -0.1) is 0 Å². The molecule has 0 N–H and O–H groups in total. The van der Waals surface area contributed by atoms with Crippen molar-refractivity contribution in [2.75, 3.05) is 0 Å². The van der Waals surface area contributed by atoms with Gasteiger partial charge in [0.25, 0.3) is 0 Å². The summed E-state index contributed by atoms with van der Waals surface area (Å²) in [6.45, 7) is 16.8. The first-order chi connectivity index (χ1) is 5.24. The van der Waals surface area contributed by atoms with Crippen LogP contribution < -0.4 is 0 Å². The van der Waals surface area contributed by atoms with Gasteiger partial charge in [-0.25, -0.2) is 0 Å². The maximum absolute atomic E-state index is 2.12. The average molecular weight is 259 g/mol. The molecular weight excluding hydrogens is 204 g/mol. The molecule has 0 saturated carbocycles. The lowest BCUT2D eigenvalue weighted by Crippen LogP contribution is -1.27. The smallest absolute Gasteiger partial charge is 0.0590 e. The number of hydrogen-bond acceptors (Lipinski definition) is 0. The normalized spacial score (nSPS) is 3.53. The quantitative estimate of drug-likeness (QED) is 0.406. The molecule has 0 unspecified atom stereocenters. The maximum atomic E-state index is 2.12. The molecule has 0 rings (SSSR count). The Bertz CT molecular complexity index is 4.75. The Hall–Kier alpha value is 0. The van der Waals surface area contributed by atoms with Crippen LogP contribution in [0.2, 0.25) is 0 Å². The summed E-state index contributed by atoms with van der Waals surface area (Å²) >= 11 is 0. The highest BCUT2D eigenvalue weighted by Gasteiger charge is 1.36. The zero-order valence-electron chi connectivity index (χ0n) is 10.1. The van der Waals surface area contributed by atoms with Crippen molar-refractivity contribution in [3.8, 4) is 0 Å². The van der Waals surface area contributed by atoms with E-state index in [2.05, 4.69) is 41.5 Å². The molecule has 0 aromatic rings. The Balaban J connectivity index is -0.00000000433. The van der Waals surface area contributed by atoms with Crippen molar-refractivity contribution in [1.29, 1.82) is 0 Å². The van der Waals surface area contributed by atoms with E-state index in [4.69, 9.17) is 0 Å². The van der Waals surface area contributed by atoms with Gasteiger partial charge in [0.2, 0.25) is 0 Å². The minimum Gasteiger partial charge on any atom is -0.0776 e. The SMILES string of the molecule is C.C.C.C.C.C.CC.CCC.CCC.CCC. The van der Waals surface area contributed by atoms with Crippen molar-refractivity contribution in [3.05, 3.63) is 0 Å². The average Bonchev–Trinajstić information content (AvgIpc) is 1.96. The fraction of sp³-hybridized carbons (Fsp3) is 1.00. The lowest BCUT2D eigenvalue weighted by molar-refractivity contribution is 1.09. The van der Waals surface area contributed by atoms with Crippen LogP contribution in [-0.4, -0.2) is 0 Å². The molecule has 0 atom stereocenters. The lowest BCUT2D eigenvalue weighted by Gasteiger charge is -1.48. The zero-order chi connectivity index (χ0) is 10.1. The van der Waals surface area contributed by atoms with Gasteiger partial charge in [-0.2, -0.15) is 0 Å². The van der Waals surface area contributed by atoms with Crippen LogP contribution in [0.1, 0.15) is 119 Å². The van der Waals surface area contributed by atoms with E-state index < -0.39 is 0 Å². The van der Waals surface area contributed by atoms with Gasteiger partial charge in [0.05, 0.1) is 0 Å². The van der Waals surface area contributed by atoms with E-state index in [0.29, 0.717) is 0 Å². The Morgan fingerprint density at radius 2 is 0.353 bits per heavy atom. The summed E-state index contributed by atoms with van der Waals surface area (Å²) in [5.41, 5.74) is 0. The minimum absolute atomic E-state index is 0. The van der Waals surface area contributed by atoms with Crippen molar-refractivity contribution in [2.45, 2.75) is 119 Å². The third-order valence-electron chi connectivity index (χ3n) is 0. The topological polar surface area (TPSA) is 0 Å². The van der Waals surface area contributed by atoms with Crippen molar-refractivity contribution < 1.29 is 0 Å². The van der Waals surface area contributed by atoms with Crippen LogP contribution in [0.3, 0.4) is 0 Å². The molecule has 0 heterocycles. The fourth-order valence-corrected chi connectivity index (χ4v) is 0. The third-order valence-corrected chi connectivity index (χ3v) is 0. The van der Waals surface area contributed by atoms with Gasteiger partial charge in [0.1, 0.15) is 0 Å². The van der Waals surface area contributed by atoms with Gasteiger partial charge in [0.15, 0.2) is 0 Å². The lowest BCUT2D eigenvalue weighted by atomic mass is 10.6. The molecule has 0 aromatic carbocycles. The molecule has 0 heteroatoms. The van der Waals surface area contributed by atoms with E-state index in [9.17, 15) is 0 Å².